The van der Waals surface area contributed by atoms with Gasteiger partial charge in [0.05, 0.1) is 19.0 Å². The first kappa shape index (κ1) is 14.4. The molecule has 0 saturated carbocycles. The van der Waals surface area contributed by atoms with Gasteiger partial charge in [-0.15, -0.1) is 0 Å². The van der Waals surface area contributed by atoms with Gasteiger partial charge in [0.1, 0.15) is 11.3 Å². The Morgan fingerprint density at radius 1 is 1.36 bits per heavy atom. The molecule has 0 spiro atoms. The first-order valence-corrected chi connectivity index (χ1v) is 7.09. The summed E-state index contributed by atoms with van der Waals surface area (Å²) >= 11 is 6.13. The summed E-state index contributed by atoms with van der Waals surface area (Å²) in [6.45, 7) is 0.598. The summed E-state index contributed by atoms with van der Waals surface area (Å²) in [5.74, 6) is -0.413. The zero-order valence-electron chi connectivity index (χ0n) is 11.9. The number of esters is 1. The molecular weight excluding hydrogens is 302 g/mol. The number of hydrogen-bond donors (Lipinski definition) is 2. The third-order valence-corrected chi connectivity index (χ3v) is 3.68. The molecule has 0 fully saturated rings. The van der Waals surface area contributed by atoms with Crippen LogP contribution in [0.25, 0.3) is 11.0 Å². The number of benzene rings is 1. The Bertz CT molecular complexity index is 829. The summed E-state index contributed by atoms with van der Waals surface area (Å²) in [5.41, 5.74) is 2.88. The van der Waals surface area contributed by atoms with Crippen molar-refractivity contribution in [3.63, 3.8) is 0 Å². The Hall–Kier alpha value is -2.53. The highest BCUT2D eigenvalue weighted by molar-refractivity contribution is 6.31. The van der Waals surface area contributed by atoms with Crippen LogP contribution in [-0.4, -0.2) is 23.0 Å². The van der Waals surface area contributed by atoms with Crippen molar-refractivity contribution in [2.45, 2.75) is 6.54 Å². The summed E-state index contributed by atoms with van der Waals surface area (Å²) in [7, 11) is 1.35. The fourth-order valence-corrected chi connectivity index (χ4v) is 2.37. The van der Waals surface area contributed by atoms with Crippen molar-refractivity contribution in [1.82, 2.24) is 9.97 Å². The fourth-order valence-electron chi connectivity index (χ4n) is 2.17. The molecule has 3 rings (SSSR count). The van der Waals surface area contributed by atoms with Crippen molar-refractivity contribution in [2.75, 3.05) is 12.4 Å². The number of nitrogens with zero attached hydrogens (tertiary/aromatic N) is 1. The van der Waals surface area contributed by atoms with Crippen molar-refractivity contribution in [2.24, 2.45) is 0 Å². The number of nitrogens with one attached hydrogen (secondary N) is 2. The van der Waals surface area contributed by atoms with Crippen LogP contribution in [0, 0.1) is 0 Å². The van der Waals surface area contributed by atoms with Crippen molar-refractivity contribution in [1.29, 1.82) is 0 Å². The molecule has 2 aromatic heterocycles. The van der Waals surface area contributed by atoms with Gasteiger partial charge in [0.25, 0.3) is 0 Å². The van der Waals surface area contributed by atoms with Crippen LogP contribution in [0.3, 0.4) is 0 Å². The molecule has 0 aliphatic rings. The van der Waals surface area contributed by atoms with Gasteiger partial charge in [-0.25, -0.2) is 9.78 Å². The molecule has 112 valence electrons. The summed E-state index contributed by atoms with van der Waals surface area (Å²) in [4.78, 5) is 18.7. The molecule has 0 amide bonds. The molecule has 0 bridgehead atoms. The van der Waals surface area contributed by atoms with E-state index < -0.39 is 5.97 Å². The number of pyridine rings is 1. The minimum atomic E-state index is -0.413. The number of anilines is 1. The van der Waals surface area contributed by atoms with Crippen LogP contribution in [0.1, 0.15) is 16.1 Å². The predicted molar refractivity (Wildman–Crippen MR) is 86.2 cm³/mol. The number of halogens is 1. The third-order valence-electron chi connectivity index (χ3n) is 3.32. The number of hydrogen-bond acceptors (Lipinski definition) is 4. The number of carbonyl (C=O) groups is 1. The largest absolute Gasteiger partial charge is 0.464 e. The number of rotatable bonds is 4. The predicted octanol–water partition coefficient (Wildman–Crippen LogP) is 3.62. The van der Waals surface area contributed by atoms with Gasteiger partial charge in [-0.1, -0.05) is 29.8 Å². The minimum absolute atomic E-state index is 0.383. The van der Waals surface area contributed by atoms with Crippen LogP contribution in [0.15, 0.2) is 42.6 Å². The second kappa shape index (κ2) is 6.07. The van der Waals surface area contributed by atoms with E-state index in [1.165, 1.54) is 7.11 Å². The SMILES string of the molecule is COC(=O)c1cc2cc(NCc3ccccc3Cl)cnc2[nH]1. The van der Waals surface area contributed by atoms with E-state index in [9.17, 15) is 4.79 Å². The van der Waals surface area contributed by atoms with Gasteiger partial charge in [0.15, 0.2) is 0 Å². The molecule has 2 heterocycles. The standard InChI is InChI=1S/C16H14ClN3O2/c1-22-16(21)14-7-11-6-12(9-19-15(11)20-14)18-8-10-4-2-3-5-13(10)17/h2-7,9,18H,8H2,1H3,(H,19,20). The van der Waals surface area contributed by atoms with Crippen LogP contribution < -0.4 is 5.32 Å². The maximum atomic E-state index is 11.5. The number of aromatic nitrogens is 2. The molecule has 6 heteroatoms. The van der Waals surface area contributed by atoms with Crippen LogP contribution in [0.2, 0.25) is 5.02 Å². The maximum Gasteiger partial charge on any atom is 0.354 e. The lowest BCUT2D eigenvalue weighted by Gasteiger charge is -2.07. The monoisotopic (exact) mass is 315 g/mol. The quantitative estimate of drug-likeness (QED) is 0.722. The number of methoxy groups -OCH3 is 1. The van der Waals surface area contributed by atoms with E-state index in [0.29, 0.717) is 17.9 Å². The first-order valence-electron chi connectivity index (χ1n) is 6.72. The smallest absolute Gasteiger partial charge is 0.354 e. The fraction of sp³-hybridized carbons (Fsp3) is 0.125. The summed E-state index contributed by atoms with van der Waals surface area (Å²) in [5, 5.41) is 4.83. The van der Waals surface area contributed by atoms with E-state index >= 15 is 0 Å². The van der Waals surface area contributed by atoms with E-state index in [1.54, 1.807) is 12.3 Å². The van der Waals surface area contributed by atoms with Gasteiger partial charge >= 0.3 is 5.97 Å². The van der Waals surface area contributed by atoms with Gasteiger partial charge < -0.3 is 15.0 Å². The van der Waals surface area contributed by atoms with Crippen molar-refractivity contribution in [3.8, 4) is 0 Å². The number of aromatic amines is 1. The number of H-pyrrole nitrogens is 1. The number of ether oxygens (including phenoxy) is 1. The van der Waals surface area contributed by atoms with E-state index in [-0.39, 0.29) is 0 Å². The Balaban J connectivity index is 1.80. The molecule has 0 radical (unpaired) electrons. The van der Waals surface area contributed by atoms with Crippen LogP contribution >= 0.6 is 11.6 Å². The summed E-state index contributed by atoms with van der Waals surface area (Å²) < 4.78 is 4.69. The van der Waals surface area contributed by atoms with Gasteiger partial charge in [-0.3, -0.25) is 0 Å². The Labute approximate surface area is 132 Å². The van der Waals surface area contributed by atoms with Crippen LogP contribution in [0.5, 0.6) is 0 Å². The highest BCUT2D eigenvalue weighted by atomic mass is 35.5. The lowest BCUT2D eigenvalue weighted by Crippen LogP contribution is -2.00. The Kier molecular flexibility index (Phi) is 3.98. The molecule has 0 unspecified atom stereocenters. The van der Waals surface area contributed by atoms with Crippen molar-refractivity contribution >= 4 is 34.3 Å². The number of carbonyl (C=O) groups excluding carboxylic acids is 1. The normalized spacial score (nSPS) is 10.6. The second-order valence-corrected chi connectivity index (χ2v) is 5.19. The van der Waals surface area contributed by atoms with Gasteiger partial charge in [-0.05, 0) is 23.8 Å². The average molecular weight is 316 g/mol. The molecule has 5 nitrogen and oxygen atoms in total. The minimum Gasteiger partial charge on any atom is -0.464 e. The van der Waals surface area contributed by atoms with Gasteiger partial charge in [0.2, 0.25) is 0 Å². The van der Waals surface area contributed by atoms with Gasteiger partial charge in [0, 0.05) is 17.0 Å². The first-order chi connectivity index (χ1) is 10.7. The highest BCUT2D eigenvalue weighted by Gasteiger charge is 2.10. The molecule has 22 heavy (non-hydrogen) atoms. The van der Waals surface area contributed by atoms with E-state index in [2.05, 4.69) is 20.0 Å². The Morgan fingerprint density at radius 2 is 2.18 bits per heavy atom. The average Bonchev–Trinajstić information content (AvgIpc) is 2.96. The molecule has 3 aromatic rings. The maximum absolute atomic E-state index is 11.5. The summed E-state index contributed by atoms with van der Waals surface area (Å²) in [6.07, 6.45) is 1.71. The van der Waals surface area contributed by atoms with E-state index in [0.717, 1.165) is 21.7 Å². The molecule has 0 saturated heterocycles. The lowest BCUT2D eigenvalue weighted by atomic mass is 10.2. The van der Waals surface area contributed by atoms with E-state index in [1.807, 2.05) is 30.3 Å². The molecule has 2 N–H and O–H groups in total. The third kappa shape index (κ3) is 2.89. The van der Waals surface area contributed by atoms with Crippen molar-refractivity contribution < 1.29 is 9.53 Å². The van der Waals surface area contributed by atoms with Gasteiger partial charge in [-0.2, -0.15) is 0 Å². The van der Waals surface area contributed by atoms with E-state index in [4.69, 9.17) is 11.6 Å². The Morgan fingerprint density at radius 3 is 2.95 bits per heavy atom. The van der Waals surface area contributed by atoms with Crippen LogP contribution in [-0.2, 0) is 11.3 Å². The van der Waals surface area contributed by atoms with Crippen LogP contribution in [0.4, 0.5) is 5.69 Å². The molecule has 1 aromatic carbocycles. The zero-order valence-corrected chi connectivity index (χ0v) is 12.6. The molecule has 0 aliphatic carbocycles. The second-order valence-electron chi connectivity index (χ2n) is 4.78. The molecular formula is C16H14ClN3O2. The summed E-state index contributed by atoms with van der Waals surface area (Å²) in [6, 6.07) is 11.3. The molecule has 0 aliphatic heterocycles. The topological polar surface area (TPSA) is 67.0 Å². The lowest BCUT2D eigenvalue weighted by molar-refractivity contribution is 0.0595. The van der Waals surface area contributed by atoms with Crippen molar-refractivity contribution in [3.05, 3.63) is 58.9 Å². The number of fused-ring (bicyclic) bond motifs is 1. The molecule has 0 atom stereocenters. The zero-order chi connectivity index (χ0) is 15.5. The highest BCUT2D eigenvalue weighted by Crippen LogP contribution is 2.20.